The zero-order valence-electron chi connectivity index (χ0n) is 14.5. The van der Waals surface area contributed by atoms with E-state index >= 15 is 0 Å². The van der Waals surface area contributed by atoms with Gasteiger partial charge in [-0.25, -0.2) is 19.3 Å². The number of alkyl halides is 3. The molecule has 0 radical (unpaired) electrons. The van der Waals surface area contributed by atoms with Crippen LogP contribution < -0.4 is 0 Å². The maximum Gasteiger partial charge on any atom is 0.434 e. The minimum Gasteiger partial charge on any atom is -0.478 e. The second kappa shape index (κ2) is 7.95. The zero-order valence-corrected chi connectivity index (χ0v) is 16.9. The molecule has 3 aromatic heterocycles. The number of esters is 1. The zero-order chi connectivity index (χ0) is 21.3. The second-order valence-electron chi connectivity index (χ2n) is 5.51. The smallest absolute Gasteiger partial charge is 0.434 e. The van der Waals surface area contributed by atoms with E-state index in [2.05, 4.69) is 30.7 Å². The average Bonchev–Trinajstić information content (AvgIpc) is 3.26. The number of carboxylic acids is 1. The Morgan fingerprint density at radius 2 is 2.07 bits per heavy atom. The molecule has 3 aromatic rings. The number of carboxylic acid groups (broad SMARTS) is 1. The second-order valence-corrected chi connectivity index (χ2v) is 7.24. The lowest BCUT2D eigenvalue weighted by Gasteiger charge is -2.12. The van der Waals surface area contributed by atoms with Crippen LogP contribution in [-0.4, -0.2) is 38.4 Å². The topological polar surface area (TPSA) is 94.3 Å². The molecule has 0 saturated heterocycles. The van der Waals surface area contributed by atoms with Gasteiger partial charge in [-0.3, -0.25) is 0 Å². The van der Waals surface area contributed by atoms with Crippen molar-refractivity contribution < 1.29 is 32.6 Å². The Labute approximate surface area is 173 Å². The standard InChI is InChI=1S/C17H11BrF3N3O4S/c1-2-28-16(27)8-6-22-24(14(8)17(19,20)21)11-5-3-4-10(23-11)13-12(15(25)26)9(18)7-29-13/h3-7H,2H2,1H3,(H,25,26). The Kier molecular flexibility index (Phi) is 5.75. The van der Waals surface area contributed by atoms with Crippen LogP contribution in [0.5, 0.6) is 0 Å². The Hall–Kier alpha value is -2.73. The number of hydrogen-bond acceptors (Lipinski definition) is 6. The van der Waals surface area contributed by atoms with Gasteiger partial charge in [-0.1, -0.05) is 6.07 Å². The molecule has 29 heavy (non-hydrogen) atoms. The summed E-state index contributed by atoms with van der Waals surface area (Å²) in [6.45, 7) is 1.38. The van der Waals surface area contributed by atoms with Crippen LogP contribution in [-0.2, 0) is 10.9 Å². The van der Waals surface area contributed by atoms with Crippen LogP contribution in [0.2, 0.25) is 0 Å². The Bertz CT molecular complexity index is 1090. The van der Waals surface area contributed by atoms with Crippen molar-refractivity contribution in [1.82, 2.24) is 14.8 Å². The van der Waals surface area contributed by atoms with Crippen LogP contribution in [0, 0.1) is 0 Å². The van der Waals surface area contributed by atoms with Gasteiger partial charge in [0.25, 0.3) is 0 Å². The van der Waals surface area contributed by atoms with Crippen molar-refractivity contribution >= 4 is 39.2 Å². The molecule has 0 aromatic carbocycles. The number of halogens is 4. The van der Waals surface area contributed by atoms with Gasteiger partial charge in [0.2, 0.25) is 0 Å². The lowest BCUT2D eigenvalue weighted by molar-refractivity contribution is -0.143. The van der Waals surface area contributed by atoms with Gasteiger partial charge in [0, 0.05) is 9.85 Å². The number of carbonyl (C=O) groups excluding carboxylic acids is 1. The summed E-state index contributed by atoms with van der Waals surface area (Å²) in [4.78, 5) is 27.8. The molecule has 3 heterocycles. The number of ether oxygens (including phenoxy) is 1. The molecule has 0 aliphatic carbocycles. The fraction of sp³-hybridized carbons (Fsp3) is 0.176. The van der Waals surface area contributed by atoms with E-state index in [0.29, 0.717) is 9.15 Å². The number of aromatic carboxylic acids is 1. The third-order valence-corrected chi connectivity index (χ3v) is 5.61. The predicted molar refractivity (Wildman–Crippen MR) is 100 cm³/mol. The van der Waals surface area contributed by atoms with Crippen LogP contribution in [0.25, 0.3) is 16.4 Å². The number of pyridine rings is 1. The van der Waals surface area contributed by atoms with E-state index in [0.717, 1.165) is 17.5 Å². The number of thiophene rings is 1. The van der Waals surface area contributed by atoms with Gasteiger partial charge in [-0.2, -0.15) is 18.3 Å². The van der Waals surface area contributed by atoms with Gasteiger partial charge in [0.15, 0.2) is 11.5 Å². The summed E-state index contributed by atoms with van der Waals surface area (Å²) < 4.78 is 46.4. The average molecular weight is 490 g/mol. The lowest BCUT2D eigenvalue weighted by atomic mass is 10.2. The van der Waals surface area contributed by atoms with E-state index < -0.39 is 29.4 Å². The van der Waals surface area contributed by atoms with Crippen molar-refractivity contribution in [2.24, 2.45) is 0 Å². The van der Waals surface area contributed by atoms with Crippen LogP contribution in [0.15, 0.2) is 34.2 Å². The van der Waals surface area contributed by atoms with Gasteiger partial charge in [0.05, 0.1) is 28.9 Å². The maximum atomic E-state index is 13.6. The molecule has 0 amide bonds. The number of rotatable bonds is 5. The van der Waals surface area contributed by atoms with Crippen molar-refractivity contribution in [3.63, 3.8) is 0 Å². The fourth-order valence-electron chi connectivity index (χ4n) is 2.55. The highest BCUT2D eigenvalue weighted by Crippen LogP contribution is 2.37. The summed E-state index contributed by atoms with van der Waals surface area (Å²) >= 11 is 4.21. The first-order chi connectivity index (χ1) is 13.6. The molecule has 0 aliphatic heterocycles. The monoisotopic (exact) mass is 489 g/mol. The van der Waals surface area contributed by atoms with Gasteiger partial charge in [0.1, 0.15) is 5.56 Å². The quantitative estimate of drug-likeness (QED) is 0.524. The van der Waals surface area contributed by atoms with E-state index in [1.807, 2.05) is 0 Å². The third kappa shape index (κ3) is 4.03. The van der Waals surface area contributed by atoms with Gasteiger partial charge < -0.3 is 9.84 Å². The molecular formula is C17H11BrF3N3O4S. The van der Waals surface area contributed by atoms with Crippen molar-refractivity contribution in [3.05, 3.63) is 51.1 Å². The minimum atomic E-state index is -4.91. The van der Waals surface area contributed by atoms with Crippen LogP contribution in [0.3, 0.4) is 0 Å². The Balaban J connectivity index is 2.16. The Morgan fingerprint density at radius 1 is 1.34 bits per heavy atom. The van der Waals surface area contributed by atoms with E-state index in [1.165, 1.54) is 25.1 Å². The lowest BCUT2D eigenvalue weighted by Crippen LogP contribution is -2.19. The molecular weight excluding hydrogens is 479 g/mol. The van der Waals surface area contributed by atoms with E-state index in [1.54, 1.807) is 5.38 Å². The molecule has 0 fully saturated rings. The highest BCUT2D eigenvalue weighted by molar-refractivity contribution is 9.10. The number of aromatic nitrogens is 3. The normalized spacial score (nSPS) is 11.5. The number of nitrogens with zero attached hydrogens (tertiary/aromatic N) is 3. The highest BCUT2D eigenvalue weighted by atomic mass is 79.9. The molecule has 3 rings (SSSR count). The van der Waals surface area contributed by atoms with Crippen molar-refractivity contribution in [1.29, 1.82) is 0 Å². The molecule has 0 aliphatic rings. The van der Waals surface area contributed by atoms with Gasteiger partial charge in [-0.05, 0) is 35.0 Å². The summed E-state index contributed by atoms with van der Waals surface area (Å²) in [6.07, 6.45) is -4.14. The largest absolute Gasteiger partial charge is 0.478 e. The molecule has 152 valence electrons. The number of hydrogen-bond donors (Lipinski definition) is 1. The van der Waals surface area contributed by atoms with Crippen molar-refractivity contribution in [2.45, 2.75) is 13.1 Å². The van der Waals surface area contributed by atoms with Crippen molar-refractivity contribution in [3.8, 4) is 16.4 Å². The molecule has 12 heteroatoms. The van der Waals surface area contributed by atoms with Crippen LogP contribution >= 0.6 is 27.3 Å². The molecule has 0 bridgehead atoms. The van der Waals surface area contributed by atoms with E-state index in [9.17, 15) is 27.9 Å². The fourth-order valence-corrected chi connectivity index (χ4v) is 4.21. The van der Waals surface area contributed by atoms with Crippen LogP contribution in [0.1, 0.15) is 33.3 Å². The first kappa shape index (κ1) is 21.0. The molecule has 7 nitrogen and oxygen atoms in total. The van der Waals surface area contributed by atoms with E-state index in [-0.39, 0.29) is 28.6 Å². The SMILES string of the molecule is CCOC(=O)c1cnn(-c2cccc(-c3scc(Br)c3C(=O)O)n2)c1C(F)(F)F. The van der Waals surface area contributed by atoms with Crippen molar-refractivity contribution in [2.75, 3.05) is 6.61 Å². The summed E-state index contributed by atoms with van der Waals surface area (Å²) in [5.41, 5.74) is -1.97. The number of carbonyl (C=O) groups is 2. The predicted octanol–water partition coefficient (Wildman–Crippen LogP) is 4.65. The van der Waals surface area contributed by atoms with E-state index in [4.69, 9.17) is 0 Å². The third-order valence-electron chi connectivity index (χ3n) is 3.68. The molecule has 0 saturated carbocycles. The highest BCUT2D eigenvalue weighted by Gasteiger charge is 2.41. The first-order valence-corrected chi connectivity index (χ1v) is 9.62. The molecule has 0 atom stereocenters. The summed E-state index contributed by atoms with van der Waals surface area (Å²) in [5, 5.41) is 14.6. The summed E-state index contributed by atoms with van der Waals surface area (Å²) in [6, 6.07) is 4.16. The van der Waals surface area contributed by atoms with Gasteiger partial charge >= 0.3 is 18.1 Å². The first-order valence-electron chi connectivity index (χ1n) is 7.95. The molecule has 0 spiro atoms. The summed E-state index contributed by atoms with van der Waals surface area (Å²) in [7, 11) is 0. The Morgan fingerprint density at radius 3 is 2.69 bits per heavy atom. The molecule has 0 unspecified atom stereocenters. The van der Waals surface area contributed by atoms with Gasteiger partial charge in [-0.15, -0.1) is 11.3 Å². The maximum absolute atomic E-state index is 13.6. The summed E-state index contributed by atoms with van der Waals surface area (Å²) in [5.74, 6) is -2.59. The van der Waals surface area contributed by atoms with Crippen LogP contribution in [0.4, 0.5) is 13.2 Å². The minimum absolute atomic E-state index is 0.0524. The molecule has 1 N–H and O–H groups in total.